The van der Waals surface area contributed by atoms with E-state index in [1.807, 2.05) is 19.1 Å². The maximum Gasteiger partial charge on any atom is 0.145 e. The summed E-state index contributed by atoms with van der Waals surface area (Å²) in [5, 5.41) is 0.541. The third-order valence-corrected chi connectivity index (χ3v) is 2.88. The van der Waals surface area contributed by atoms with Gasteiger partial charge in [-0.15, -0.1) is 0 Å². The van der Waals surface area contributed by atoms with Crippen molar-refractivity contribution in [1.82, 2.24) is 4.98 Å². The van der Waals surface area contributed by atoms with Gasteiger partial charge in [-0.2, -0.15) is 0 Å². The van der Waals surface area contributed by atoms with Gasteiger partial charge in [-0.25, -0.2) is 4.39 Å². The molecular weight excluding hydrogens is 285 g/mol. The molecular formula is C13H11BrFNO. The Labute approximate surface area is 108 Å². The minimum atomic E-state index is -0.270. The number of aryl methyl sites for hydroxylation is 1. The highest BCUT2D eigenvalue weighted by Gasteiger charge is 2.05. The molecule has 0 spiro atoms. The van der Waals surface area contributed by atoms with E-state index in [-0.39, 0.29) is 5.82 Å². The lowest BCUT2D eigenvalue weighted by Gasteiger charge is -2.09. The Balaban J connectivity index is 2.26. The highest BCUT2D eigenvalue weighted by atomic mass is 79.9. The Bertz CT molecular complexity index is 513. The van der Waals surface area contributed by atoms with Gasteiger partial charge in [-0.05, 0) is 37.3 Å². The minimum absolute atomic E-state index is 0.270. The minimum Gasteiger partial charge on any atom is -0.455 e. The monoisotopic (exact) mass is 295 g/mol. The molecule has 4 heteroatoms. The summed E-state index contributed by atoms with van der Waals surface area (Å²) in [5.41, 5.74) is 1.70. The highest BCUT2D eigenvalue weighted by molar-refractivity contribution is 9.08. The van der Waals surface area contributed by atoms with Crippen molar-refractivity contribution in [3.8, 4) is 11.5 Å². The average molecular weight is 296 g/mol. The van der Waals surface area contributed by atoms with Crippen LogP contribution in [0.4, 0.5) is 4.39 Å². The zero-order valence-corrected chi connectivity index (χ0v) is 10.9. The molecule has 0 bridgehead atoms. The molecule has 0 aliphatic carbocycles. The Morgan fingerprint density at radius 3 is 2.76 bits per heavy atom. The Kier molecular flexibility index (Phi) is 3.74. The number of pyridine rings is 1. The predicted molar refractivity (Wildman–Crippen MR) is 68.1 cm³/mol. The second-order valence-corrected chi connectivity index (χ2v) is 4.18. The number of rotatable bonds is 3. The molecule has 0 fully saturated rings. The number of halogens is 2. The van der Waals surface area contributed by atoms with Gasteiger partial charge in [0.25, 0.3) is 0 Å². The fraction of sp³-hybridized carbons (Fsp3) is 0.154. The summed E-state index contributed by atoms with van der Waals surface area (Å²) in [5.74, 6) is 1.01. The van der Waals surface area contributed by atoms with Crippen LogP contribution in [-0.2, 0) is 5.33 Å². The third kappa shape index (κ3) is 3.03. The number of aromatic nitrogens is 1. The lowest BCUT2D eigenvalue weighted by molar-refractivity contribution is 0.473. The molecule has 0 aliphatic heterocycles. The summed E-state index contributed by atoms with van der Waals surface area (Å²) < 4.78 is 18.7. The lowest BCUT2D eigenvalue weighted by Crippen LogP contribution is -1.91. The van der Waals surface area contributed by atoms with Crippen LogP contribution in [0.25, 0.3) is 0 Å². The van der Waals surface area contributed by atoms with Crippen LogP contribution < -0.4 is 4.74 Å². The molecule has 2 aromatic rings. The molecule has 1 aromatic heterocycles. The summed E-state index contributed by atoms with van der Waals surface area (Å²) in [6.07, 6.45) is 1.65. The average Bonchev–Trinajstić information content (AvgIpc) is 2.34. The van der Waals surface area contributed by atoms with Crippen molar-refractivity contribution in [2.75, 3.05) is 0 Å². The molecule has 0 amide bonds. The van der Waals surface area contributed by atoms with E-state index < -0.39 is 0 Å². The van der Waals surface area contributed by atoms with E-state index in [1.165, 1.54) is 12.1 Å². The molecule has 0 unspecified atom stereocenters. The number of hydrogen-bond acceptors (Lipinski definition) is 2. The van der Waals surface area contributed by atoms with Crippen LogP contribution in [0, 0.1) is 12.7 Å². The Morgan fingerprint density at radius 2 is 2.12 bits per heavy atom. The van der Waals surface area contributed by atoms with Gasteiger partial charge in [-0.1, -0.05) is 15.9 Å². The first-order valence-electron chi connectivity index (χ1n) is 5.14. The Morgan fingerprint density at radius 1 is 1.29 bits per heavy atom. The van der Waals surface area contributed by atoms with Crippen molar-refractivity contribution in [3.63, 3.8) is 0 Å². The highest BCUT2D eigenvalue weighted by Crippen LogP contribution is 2.27. The zero-order chi connectivity index (χ0) is 12.3. The topological polar surface area (TPSA) is 22.1 Å². The van der Waals surface area contributed by atoms with E-state index in [9.17, 15) is 4.39 Å². The standard InChI is InChI=1S/C13H11BrFNO/c1-9-2-4-12(8-16-9)17-13-5-3-11(15)6-10(13)7-14/h2-6,8H,7H2,1H3. The van der Waals surface area contributed by atoms with E-state index in [4.69, 9.17) is 4.74 Å². The van der Waals surface area contributed by atoms with Crippen LogP contribution in [0.5, 0.6) is 11.5 Å². The fourth-order valence-electron chi connectivity index (χ4n) is 1.39. The second-order valence-electron chi connectivity index (χ2n) is 3.62. The molecule has 2 rings (SSSR count). The van der Waals surface area contributed by atoms with Gasteiger partial charge in [-0.3, -0.25) is 4.98 Å². The van der Waals surface area contributed by atoms with Gasteiger partial charge in [0.1, 0.15) is 17.3 Å². The van der Waals surface area contributed by atoms with Crippen LogP contribution >= 0.6 is 15.9 Å². The molecule has 1 aromatic carbocycles. The maximum atomic E-state index is 13.0. The molecule has 2 nitrogen and oxygen atoms in total. The Hall–Kier alpha value is -1.42. The van der Waals surface area contributed by atoms with E-state index in [2.05, 4.69) is 20.9 Å². The molecule has 0 atom stereocenters. The largest absolute Gasteiger partial charge is 0.455 e. The number of ether oxygens (including phenoxy) is 1. The van der Waals surface area contributed by atoms with Crippen molar-refractivity contribution < 1.29 is 9.13 Å². The van der Waals surface area contributed by atoms with Gasteiger partial charge in [0, 0.05) is 16.6 Å². The third-order valence-electron chi connectivity index (χ3n) is 2.28. The van der Waals surface area contributed by atoms with E-state index in [0.29, 0.717) is 16.8 Å². The number of nitrogens with zero attached hydrogens (tertiary/aromatic N) is 1. The summed E-state index contributed by atoms with van der Waals surface area (Å²) in [6, 6.07) is 8.15. The molecule has 17 heavy (non-hydrogen) atoms. The smallest absolute Gasteiger partial charge is 0.145 e. The summed E-state index contributed by atoms with van der Waals surface area (Å²) in [4.78, 5) is 4.14. The van der Waals surface area contributed by atoms with Gasteiger partial charge < -0.3 is 4.74 Å². The first-order chi connectivity index (χ1) is 8.19. The van der Waals surface area contributed by atoms with Gasteiger partial charge in [0.2, 0.25) is 0 Å². The maximum absolute atomic E-state index is 13.0. The van der Waals surface area contributed by atoms with Crippen molar-refractivity contribution >= 4 is 15.9 Å². The quantitative estimate of drug-likeness (QED) is 0.791. The normalized spacial score (nSPS) is 10.3. The van der Waals surface area contributed by atoms with Gasteiger partial charge >= 0.3 is 0 Å². The first-order valence-corrected chi connectivity index (χ1v) is 6.26. The van der Waals surface area contributed by atoms with Crippen molar-refractivity contribution in [2.45, 2.75) is 12.3 Å². The van der Waals surface area contributed by atoms with Crippen molar-refractivity contribution in [3.05, 3.63) is 53.6 Å². The fourth-order valence-corrected chi connectivity index (χ4v) is 1.83. The molecule has 0 saturated heterocycles. The lowest BCUT2D eigenvalue weighted by atomic mass is 10.2. The first kappa shape index (κ1) is 12.0. The summed E-state index contributed by atoms with van der Waals surface area (Å²) in [6.45, 7) is 1.91. The van der Waals surface area contributed by atoms with Crippen molar-refractivity contribution in [2.24, 2.45) is 0 Å². The molecule has 88 valence electrons. The van der Waals surface area contributed by atoms with Crippen LogP contribution in [0.15, 0.2) is 36.5 Å². The van der Waals surface area contributed by atoms with Crippen LogP contribution in [0.1, 0.15) is 11.3 Å². The SMILES string of the molecule is Cc1ccc(Oc2ccc(F)cc2CBr)cn1. The number of hydrogen-bond donors (Lipinski definition) is 0. The summed E-state index contributed by atoms with van der Waals surface area (Å²) in [7, 11) is 0. The molecule has 0 N–H and O–H groups in total. The van der Waals surface area contributed by atoms with Gasteiger partial charge in [0.15, 0.2) is 0 Å². The number of alkyl halides is 1. The molecule has 0 aliphatic rings. The molecule has 0 saturated carbocycles. The zero-order valence-electron chi connectivity index (χ0n) is 9.28. The van der Waals surface area contributed by atoms with E-state index >= 15 is 0 Å². The predicted octanol–water partition coefficient (Wildman–Crippen LogP) is 4.22. The van der Waals surface area contributed by atoms with Gasteiger partial charge in [0.05, 0.1) is 6.20 Å². The second kappa shape index (κ2) is 5.27. The molecule has 1 heterocycles. The molecule has 0 radical (unpaired) electrons. The van der Waals surface area contributed by atoms with Crippen LogP contribution in [0.3, 0.4) is 0 Å². The van der Waals surface area contributed by atoms with E-state index in [0.717, 1.165) is 11.3 Å². The van der Waals surface area contributed by atoms with Crippen LogP contribution in [-0.4, -0.2) is 4.98 Å². The van der Waals surface area contributed by atoms with Crippen LogP contribution in [0.2, 0.25) is 0 Å². The summed E-state index contributed by atoms with van der Waals surface area (Å²) >= 11 is 3.31. The van der Waals surface area contributed by atoms with E-state index in [1.54, 1.807) is 12.3 Å². The number of benzene rings is 1. The van der Waals surface area contributed by atoms with Crippen molar-refractivity contribution in [1.29, 1.82) is 0 Å².